The molecule has 0 aliphatic carbocycles. The molecular weight excluding hydrogens is 311 g/mol. The number of hydrogen-bond acceptors (Lipinski definition) is 3. The highest BCUT2D eigenvalue weighted by Gasteiger charge is 2.12. The first-order chi connectivity index (χ1) is 6.77. The molecular formula is C10H9IO2S. The number of benzene rings is 1. The van der Waals surface area contributed by atoms with Crippen LogP contribution in [-0.2, 0) is 0 Å². The molecule has 4 heteroatoms. The summed E-state index contributed by atoms with van der Waals surface area (Å²) in [4.78, 5) is 0. The highest BCUT2D eigenvalue weighted by Crippen LogP contribution is 2.40. The van der Waals surface area contributed by atoms with Crippen molar-refractivity contribution in [1.29, 1.82) is 0 Å². The molecule has 0 aliphatic heterocycles. The van der Waals surface area contributed by atoms with Crippen LogP contribution in [0.3, 0.4) is 0 Å². The standard InChI is InChI=1S/C10H9IO2S/c1-12-8-5-7(11)9(13-2)10-6(8)3-4-14-10/h3-5H,1-2H3. The smallest absolute Gasteiger partial charge is 0.150 e. The van der Waals surface area contributed by atoms with E-state index >= 15 is 0 Å². The van der Waals surface area contributed by atoms with Crippen LogP contribution in [0.5, 0.6) is 11.5 Å². The second kappa shape index (κ2) is 3.94. The van der Waals surface area contributed by atoms with Crippen molar-refractivity contribution < 1.29 is 9.47 Å². The number of hydrogen-bond donors (Lipinski definition) is 0. The van der Waals surface area contributed by atoms with E-state index in [1.807, 2.05) is 11.4 Å². The van der Waals surface area contributed by atoms with E-state index in [1.165, 1.54) is 0 Å². The summed E-state index contributed by atoms with van der Waals surface area (Å²) in [5.74, 6) is 1.85. The molecule has 74 valence electrons. The Morgan fingerprint density at radius 3 is 2.71 bits per heavy atom. The fourth-order valence-corrected chi connectivity index (χ4v) is 3.30. The second-order valence-electron chi connectivity index (χ2n) is 2.76. The Labute approximate surface area is 100.0 Å². The number of fused-ring (bicyclic) bond motifs is 1. The summed E-state index contributed by atoms with van der Waals surface area (Å²) >= 11 is 3.93. The predicted octanol–water partition coefficient (Wildman–Crippen LogP) is 3.52. The fraction of sp³-hybridized carbons (Fsp3) is 0.200. The first-order valence-electron chi connectivity index (χ1n) is 4.05. The van der Waals surface area contributed by atoms with E-state index in [9.17, 15) is 0 Å². The van der Waals surface area contributed by atoms with Crippen LogP contribution in [0, 0.1) is 3.57 Å². The van der Waals surface area contributed by atoms with Crippen LogP contribution in [0.25, 0.3) is 10.1 Å². The van der Waals surface area contributed by atoms with Crippen molar-refractivity contribution in [3.8, 4) is 11.5 Å². The van der Waals surface area contributed by atoms with Gasteiger partial charge in [0, 0.05) is 5.39 Å². The van der Waals surface area contributed by atoms with Gasteiger partial charge in [-0.25, -0.2) is 0 Å². The molecule has 1 aromatic carbocycles. The first-order valence-corrected chi connectivity index (χ1v) is 6.01. The van der Waals surface area contributed by atoms with Crippen molar-refractivity contribution in [3.05, 3.63) is 21.1 Å². The lowest BCUT2D eigenvalue weighted by molar-refractivity contribution is 0.408. The fourth-order valence-electron chi connectivity index (χ4n) is 1.41. The van der Waals surface area contributed by atoms with E-state index in [0.717, 1.165) is 25.2 Å². The summed E-state index contributed by atoms with van der Waals surface area (Å²) in [6.07, 6.45) is 0. The van der Waals surface area contributed by atoms with E-state index < -0.39 is 0 Å². The Morgan fingerprint density at radius 1 is 1.29 bits per heavy atom. The normalized spacial score (nSPS) is 10.5. The molecule has 14 heavy (non-hydrogen) atoms. The molecule has 2 rings (SSSR count). The summed E-state index contributed by atoms with van der Waals surface area (Å²) < 4.78 is 12.9. The predicted molar refractivity (Wildman–Crippen MR) is 67.6 cm³/mol. The SMILES string of the molecule is COc1cc(I)c(OC)c2sccc12. The number of rotatable bonds is 2. The average Bonchev–Trinajstić information content (AvgIpc) is 2.65. The Bertz CT molecular complexity index is 464. The summed E-state index contributed by atoms with van der Waals surface area (Å²) in [5.41, 5.74) is 0. The number of thiophene rings is 1. The Hall–Kier alpha value is -0.490. The van der Waals surface area contributed by atoms with Gasteiger partial charge in [0.15, 0.2) is 0 Å². The molecule has 0 amide bonds. The number of ether oxygens (including phenoxy) is 2. The Kier molecular flexibility index (Phi) is 2.83. The van der Waals surface area contributed by atoms with Gasteiger partial charge in [-0.3, -0.25) is 0 Å². The van der Waals surface area contributed by atoms with Crippen molar-refractivity contribution in [1.82, 2.24) is 0 Å². The minimum Gasteiger partial charge on any atom is -0.496 e. The summed E-state index contributed by atoms with van der Waals surface area (Å²) in [6, 6.07) is 4.05. The largest absolute Gasteiger partial charge is 0.496 e. The zero-order valence-electron chi connectivity index (χ0n) is 7.83. The minimum atomic E-state index is 0.909. The highest BCUT2D eigenvalue weighted by atomic mass is 127. The molecule has 0 saturated heterocycles. The van der Waals surface area contributed by atoms with Crippen LogP contribution in [0.2, 0.25) is 0 Å². The van der Waals surface area contributed by atoms with Gasteiger partial charge in [0.1, 0.15) is 11.5 Å². The van der Waals surface area contributed by atoms with Crippen molar-refractivity contribution in [2.75, 3.05) is 14.2 Å². The quantitative estimate of drug-likeness (QED) is 0.788. The van der Waals surface area contributed by atoms with Gasteiger partial charge >= 0.3 is 0 Å². The van der Waals surface area contributed by atoms with E-state index in [2.05, 4.69) is 28.7 Å². The molecule has 2 nitrogen and oxygen atoms in total. The van der Waals surface area contributed by atoms with Gasteiger partial charge in [-0.05, 0) is 40.1 Å². The van der Waals surface area contributed by atoms with Crippen LogP contribution < -0.4 is 9.47 Å². The van der Waals surface area contributed by atoms with E-state index in [0.29, 0.717) is 0 Å². The zero-order chi connectivity index (χ0) is 10.1. The van der Waals surface area contributed by atoms with Crippen molar-refractivity contribution in [3.63, 3.8) is 0 Å². The third-order valence-corrected chi connectivity index (χ3v) is 3.75. The Morgan fingerprint density at radius 2 is 2.07 bits per heavy atom. The molecule has 1 aromatic heterocycles. The molecule has 0 spiro atoms. The van der Waals surface area contributed by atoms with Gasteiger partial charge in [0.25, 0.3) is 0 Å². The van der Waals surface area contributed by atoms with Crippen LogP contribution in [-0.4, -0.2) is 14.2 Å². The molecule has 0 radical (unpaired) electrons. The van der Waals surface area contributed by atoms with Gasteiger partial charge in [-0.2, -0.15) is 0 Å². The second-order valence-corrected chi connectivity index (χ2v) is 4.84. The molecule has 0 bridgehead atoms. The lowest BCUT2D eigenvalue weighted by Gasteiger charge is -2.08. The van der Waals surface area contributed by atoms with Crippen LogP contribution in [0.4, 0.5) is 0 Å². The number of methoxy groups -OCH3 is 2. The summed E-state index contributed by atoms with van der Waals surface area (Å²) in [5, 5.41) is 3.17. The summed E-state index contributed by atoms with van der Waals surface area (Å²) in [6.45, 7) is 0. The third kappa shape index (κ3) is 1.46. The molecule has 0 aliphatic rings. The van der Waals surface area contributed by atoms with Crippen LogP contribution in [0.1, 0.15) is 0 Å². The molecule has 0 saturated carbocycles. The zero-order valence-corrected chi connectivity index (χ0v) is 10.8. The molecule has 0 N–H and O–H groups in total. The van der Waals surface area contributed by atoms with Crippen molar-refractivity contribution >= 4 is 44.0 Å². The molecule has 0 atom stereocenters. The van der Waals surface area contributed by atoms with Gasteiger partial charge in [-0.1, -0.05) is 0 Å². The molecule has 0 unspecified atom stereocenters. The third-order valence-electron chi connectivity index (χ3n) is 2.04. The highest BCUT2D eigenvalue weighted by molar-refractivity contribution is 14.1. The van der Waals surface area contributed by atoms with Gasteiger partial charge in [0.2, 0.25) is 0 Å². The monoisotopic (exact) mass is 320 g/mol. The minimum absolute atomic E-state index is 0.909. The maximum absolute atomic E-state index is 5.36. The lowest BCUT2D eigenvalue weighted by atomic mass is 10.2. The molecule has 2 aromatic rings. The number of halogens is 1. The van der Waals surface area contributed by atoms with Gasteiger partial charge in [0.05, 0.1) is 22.5 Å². The van der Waals surface area contributed by atoms with E-state index in [1.54, 1.807) is 25.6 Å². The van der Waals surface area contributed by atoms with Crippen molar-refractivity contribution in [2.45, 2.75) is 0 Å². The lowest BCUT2D eigenvalue weighted by Crippen LogP contribution is -1.90. The molecule has 1 heterocycles. The average molecular weight is 320 g/mol. The van der Waals surface area contributed by atoms with Crippen LogP contribution in [0.15, 0.2) is 17.5 Å². The maximum Gasteiger partial charge on any atom is 0.150 e. The summed E-state index contributed by atoms with van der Waals surface area (Å²) in [7, 11) is 3.39. The maximum atomic E-state index is 5.36. The van der Waals surface area contributed by atoms with Crippen LogP contribution >= 0.6 is 33.9 Å². The molecule has 0 fully saturated rings. The van der Waals surface area contributed by atoms with E-state index in [4.69, 9.17) is 9.47 Å². The van der Waals surface area contributed by atoms with E-state index in [-0.39, 0.29) is 0 Å². The van der Waals surface area contributed by atoms with Crippen molar-refractivity contribution in [2.24, 2.45) is 0 Å². The Balaban J connectivity index is 2.81. The first kappa shape index (κ1) is 10.0. The van der Waals surface area contributed by atoms with Gasteiger partial charge in [-0.15, -0.1) is 11.3 Å². The topological polar surface area (TPSA) is 18.5 Å². The van der Waals surface area contributed by atoms with Gasteiger partial charge < -0.3 is 9.47 Å².